The van der Waals surface area contributed by atoms with E-state index in [1.807, 2.05) is 0 Å². The van der Waals surface area contributed by atoms with Gasteiger partial charge in [0.1, 0.15) is 0 Å². The minimum atomic E-state index is 0.538. The minimum absolute atomic E-state index is 0.538. The fourth-order valence-corrected chi connectivity index (χ4v) is 2.95. The third kappa shape index (κ3) is 4.12. The largest absolute Gasteiger partial charge is 0.370 e. The summed E-state index contributed by atoms with van der Waals surface area (Å²) in [6.07, 6.45) is 2.33. The maximum Gasteiger partial charge on any atom is 0.0233 e. The predicted molar refractivity (Wildman–Crippen MR) is 86.1 cm³/mol. The van der Waals surface area contributed by atoms with E-state index >= 15 is 0 Å². The average Bonchev–Trinajstić information content (AvgIpc) is 2.36. The molecule has 0 fully saturated rings. The van der Waals surface area contributed by atoms with E-state index in [0.29, 0.717) is 12.1 Å². The van der Waals surface area contributed by atoms with E-state index in [1.165, 1.54) is 23.3 Å². The third-order valence-corrected chi connectivity index (χ3v) is 3.56. The third-order valence-electron chi connectivity index (χ3n) is 3.56. The fourth-order valence-electron chi connectivity index (χ4n) is 2.95. The normalized spacial score (nSPS) is 12.8. The van der Waals surface area contributed by atoms with E-state index in [2.05, 4.69) is 76.8 Å². The van der Waals surface area contributed by atoms with Crippen molar-refractivity contribution >= 4 is 5.57 Å². The molecule has 0 heterocycles. The monoisotopic (exact) mass is 259 g/mol. The van der Waals surface area contributed by atoms with Crippen LogP contribution in [0.5, 0.6) is 0 Å². The Morgan fingerprint density at radius 1 is 1.00 bits per heavy atom. The van der Waals surface area contributed by atoms with Crippen molar-refractivity contribution < 1.29 is 0 Å². The highest BCUT2D eigenvalue weighted by Crippen LogP contribution is 2.28. The molecule has 0 saturated carbocycles. The second kappa shape index (κ2) is 7.37. The summed E-state index contributed by atoms with van der Waals surface area (Å²) in [5.41, 5.74) is 4.29. The smallest absolute Gasteiger partial charge is 0.0233 e. The highest BCUT2D eigenvalue weighted by Gasteiger charge is 2.17. The van der Waals surface area contributed by atoms with Gasteiger partial charge in [-0.3, -0.25) is 0 Å². The zero-order valence-electron chi connectivity index (χ0n) is 13.4. The zero-order valence-corrected chi connectivity index (χ0v) is 13.4. The summed E-state index contributed by atoms with van der Waals surface area (Å²) in [5.74, 6) is 0. The van der Waals surface area contributed by atoms with E-state index in [4.69, 9.17) is 0 Å². The topological polar surface area (TPSA) is 3.24 Å². The van der Waals surface area contributed by atoms with Crippen molar-refractivity contribution in [2.45, 2.75) is 66.5 Å². The van der Waals surface area contributed by atoms with Crippen molar-refractivity contribution in [3.8, 4) is 0 Å². The van der Waals surface area contributed by atoms with Crippen LogP contribution >= 0.6 is 0 Å². The van der Waals surface area contributed by atoms with Gasteiger partial charge in [0.05, 0.1) is 0 Å². The van der Waals surface area contributed by atoms with Gasteiger partial charge in [0, 0.05) is 17.8 Å². The van der Waals surface area contributed by atoms with Gasteiger partial charge in [-0.25, -0.2) is 0 Å². The molecule has 0 aliphatic rings. The lowest BCUT2D eigenvalue weighted by atomic mass is 9.98. The number of hydrogen-bond donors (Lipinski definition) is 0. The molecule has 0 aliphatic carbocycles. The number of benzene rings is 1. The zero-order chi connectivity index (χ0) is 14.4. The molecule has 1 heteroatoms. The SMILES string of the molecule is CCCC(=C(C)N(C(C)C)C(C)C)c1ccccc1. The van der Waals surface area contributed by atoms with E-state index in [-0.39, 0.29) is 0 Å². The Morgan fingerprint density at radius 3 is 1.95 bits per heavy atom. The first kappa shape index (κ1) is 15.8. The van der Waals surface area contributed by atoms with E-state index < -0.39 is 0 Å². The van der Waals surface area contributed by atoms with Gasteiger partial charge in [0.25, 0.3) is 0 Å². The molecule has 0 spiro atoms. The Kier molecular flexibility index (Phi) is 6.14. The molecule has 1 nitrogen and oxygen atoms in total. The van der Waals surface area contributed by atoms with Crippen LogP contribution in [0.3, 0.4) is 0 Å². The standard InChI is InChI=1S/C18H29N/c1-7-11-18(17-12-9-8-10-13-17)16(6)19(14(2)3)15(4)5/h8-10,12-15H,7,11H2,1-6H3. The molecule has 1 aromatic carbocycles. The first-order valence-corrected chi connectivity index (χ1v) is 7.52. The van der Waals surface area contributed by atoms with Gasteiger partial charge in [-0.15, -0.1) is 0 Å². The lowest BCUT2D eigenvalue weighted by Crippen LogP contribution is -2.35. The molecule has 1 aromatic rings. The summed E-state index contributed by atoms with van der Waals surface area (Å²) in [6, 6.07) is 11.9. The van der Waals surface area contributed by atoms with Crippen LogP contribution < -0.4 is 0 Å². The fraction of sp³-hybridized carbons (Fsp3) is 0.556. The van der Waals surface area contributed by atoms with Crippen LogP contribution in [0.15, 0.2) is 36.0 Å². The van der Waals surface area contributed by atoms with Crippen molar-refractivity contribution in [1.29, 1.82) is 0 Å². The van der Waals surface area contributed by atoms with Gasteiger partial charge in [0.2, 0.25) is 0 Å². The maximum atomic E-state index is 2.53. The van der Waals surface area contributed by atoms with Gasteiger partial charge in [-0.2, -0.15) is 0 Å². The summed E-state index contributed by atoms with van der Waals surface area (Å²) in [7, 11) is 0. The van der Waals surface area contributed by atoms with E-state index in [9.17, 15) is 0 Å². The van der Waals surface area contributed by atoms with E-state index in [1.54, 1.807) is 0 Å². The molecule has 0 N–H and O–H groups in total. The van der Waals surface area contributed by atoms with Gasteiger partial charge < -0.3 is 4.90 Å². The van der Waals surface area contributed by atoms with Gasteiger partial charge in [-0.05, 0) is 52.2 Å². The van der Waals surface area contributed by atoms with Gasteiger partial charge >= 0.3 is 0 Å². The highest BCUT2D eigenvalue weighted by atomic mass is 15.2. The second-order valence-corrected chi connectivity index (χ2v) is 5.77. The highest BCUT2D eigenvalue weighted by molar-refractivity contribution is 5.68. The van der Waals surface area contributed by atoms with Crippen LogP contribution in [0.1, 0.15) is 59.9 Å². The van der Waals surface area contributed by atoms with Crippen molar-refractivity contribution in [3.05, 3.63) is 41.6 Å². The number of rotatable bonds is 6. The summed E-state index contributed by atoms with van der Waals surface area (Å²) in [5, 5.41) is 0. The molecule has 0 amide bonds. The minimum Gasteiger partial charge on any atom is -0.370 e. The summed E-state index contributed by atoms with van der Waals surface area (Å²) in [6.45, 7) is 13.6. The van der Waals surface area contributed by atoms with Gasteiger partial charge in [-0.1, -0.05) is 43.7 Å². The molecule has 1 rings (SSSR count). The molecule has 0 aromatic heterocycles. The van der Waals surface area contributed by atoms with Gasteiger partial charge in [0.15, 0.2) is 0 Å². The average molecular weight is 259 g/mol. The molecule has 0 radical (unpaired) electrons. The molecule has 0 unspecified atom stereocenters. The Hall–Kier alpha value is -1.24. The molecular weight excluding hydrogens is 230 g/mol. The summed E-state index contributed by atoms with van der Waals surface area (Å²) in [4.78, 5) is 2.53. The Balaban J connectivity index is 3.24. The van der Waals surface area contributed by atoms with Crippen molar-refractivity contribution in [2.75, 3.05) is 0 Å². The number of nitrogens with zero attached hydrogens (tertiary/aromatic N) is 1. The Labute approximate surface area is 119 Å². The molecule has 0 aliphatic heterocycles. The Morgan fingerprint density at radius 2 is 1.53 bits per heavy atom. The molecule has 0 atom stereocenters. The van der Waals surface area contributed by atoms with Crippen LogP contribution in [-0.2, 0) is 0 Å². The lowest BCUT2D eigenvalue weighted by molar-refractivity contribution is 0.233. The van der Waals surface area contributed by atoms with Crippen LogP contribution in [0.25, 0.3) is 5.57 Å². The molecular formula is C18H29N. The number of hydrogen-bond acceptors (Lipinski definition) is 1. The molecule has 0 bridgehead atoms. The summed E-state index contributed by atoms with van der Waals surface area (Å²) < 4.78 is 0. The van der Waals surface area contributed by atoms with Crippen molar-refractivity contribution in [2.24, 2.45) is 0 Å². The Bertz CT molecular complexity index is 393. The van der Waals surface area contributed by atoms with Crippen molar-refractivity contribution in [3.63, 3.8) is 0 Å². The maximum absolute atomic E-state index is 2.53. The van der Waals surface area contributed by atoms with Crippen LogP contribution in [-0.4, -0.2) is 17.0 Å². The predicted octanol–water partition coefficient (Wildman–Crippen LogP) is 5.34. The molecule has 0 saturated heterocycles. The second-order valence-electron chi connectivity index (χ2n) is 5.77. The quantitative estimate of drug-likeness (QED) is 0.667. The van der Waals surface area contributed by atoms with E-state index in [0.717, 1.165) is 6.42 Å². The molecule has 19 heavy (non-hydrogen) atoms. The number of allylic oxidation sites excluding steroid dienone is 2. The first-order chi connectivity index (χ1) is 8.99. The lowest BCUT2D eigenvalue weighted by Gasteiger charge is -2.35. The summed E-state index contributed by atoms with van der Waals surface area (Å²) >= 11 is 0. The van der Waals surface area contributed by atoms with Crippen LogP contribution in [0.2, 0.25) is 0 Å². The molecule has 106 valence electrons. The first-order valence-electron chi connectivity index (χ1n) is 7.52. The van der Waals surface area contributed by atoms with Crippen LogP contribution in [0.4, 0.5) is 0 Å². The van der Waals surface area contributed by atoms with Crippen LogP contribution in [0, 0.1) is 0 Å². The van der Waals surface area contributed by atoms with Crippen molar-refractivity contribution in [1.82, 2.24) is 4.90 Å².